The fourth-order valence-electron chi connectivity index (χ4n) is 2.55. The summed E-state index contributed by atoms with van der Waals surface area (Å²) in [6.07, 6.45) is 3.20. The first-order chi connectivity index (χ1) is 7.03. The van der Waals surface area contributed by atoms with Gasteiger partial charge < -0.3 is 16.2 Å². The van der Waals surface area contributed by atoms with Gasteiger partial charge in [0.25, 0.3) is 0 Å². The van der Waals surface area contributed by atoms with Crippen LogP contribution in [0.1, 0.15) is 40.0 Å². The maximum absolute atomic E-state index is 8.87. The second-order valence-corrected chi connectivity index (χ2v) is 5.45. The summed E-state index contributed by atoms with van der Waals surface area (Å²) in [6, 6.07) is 0.367. The van der Waals surface area contributed by atoms with Crippen LogP contribution in [0.25, 0.3) is 0 Å². The number of hydrogen-bond acceptors (Lipinski definition) is 3. The van der Waals surface area contributed by atoms with E-state index < -0.39 is 0 Å². The topological polar surface area (TPSA) is 58.3 Å². The number of aliphatic hydroxyl groups is 1. The highest BCUT2D eigenvalue weighted by Gasteiger charge is 2.44. The third-order valence-electron chi connectivity index (χ3n) is 3.75. The van der Waals surface area contributed by atoms with Crippen LogP contribution in [0, 0.1) is 11.8 Å². The summed E-state index contributed by atoms with van der Waals surface area (Å²) in [5.74, 6) is 1.59. The van der Waals surface area contributed by atoms with E-state index in [2.05, 4.69) is 26.1 Å². The molecule has 1 fully saturated rings. The molecule has 3 heteroatoms. The lowest BCUT2D eigenvalue weighted by Crippen LogP contribution is -2.63. The molecule has 0 radical (unpaired) electrons. The van der Waals surface area contributed by atoms with E-state index in [1.807, 2.05) is 0 Å². The van der Waals surface area contributed by atoms with Crippen LogP contribution in [0.3, 0.4) is 0 Å². The third-order valence-corrected chi connectivity index (χ3v) is 3.75. The Morgan fingerprint density at radius 3 is 2.40 bits per heavy atom. The summed E-state index contributed by atoms with van der Waals surface area (Å²) in [7, 11) is 0. The average molecular weight is 214 g/mol. The van der Waals surface area contributed by atoms with Crippen LogP contribution in [-0.4, -0.2) is 29.8 Å². The predicted octanol–water partition coefficient (Wildman–Crippen LogP) is 1.11. The molecule has 15 heavy (non-hydrogen) atoms. The number of hydrogen-bond donors (Lipinski definition) is 3. The highest BCUT2D eigenvalue weighted by Crippen LogP contribution is 2.41. The van der Waals surface area contributed by atoms with E-state index in [1.54, 1.807) is 0 Å². The Balaban J connectivity index is 2.38. The van der Waals surface area contributed by atoms with Gasteiger partial charge in [0.2, 0.25) is 0 Å². The SMILES string of the molecule is CC(CCO)NC1(CN)CC(C(C)C)C1. The first-order valence-electron chi connectivity index (χ1n) is 6.11. The molecule has 0 bridgehead atoms. The van der Waals surface area contributed by atoms with Crippen molar-refractivity contribution < 1.29 is 5.11 Å². The zero-order valence-corrected chi connectivity index (χ0v) is 10.3. The van der Waals surface area contributed by atoms with Crippen molar-refractivity contribution in [2.24, 2.45) is 17.6 Å². The van der Waals surface area contributed by atoms with Gasteiger partial charge in [-0.25, -0.2) is 0 Å². The lowest BCUT2D eigenvalue weighted by Gasteiger charge is -2.51. The van der Waals surface area contributed by atoms with Crippen molar-refractivity contribution in [3.05, 3.63) is 0 Å². The van der Waals surface area contributed by atoms with Crippen molar-refractivity contribution in [3.63, 3.8) is 0 Å². The Bertz CT molecular complexity index is 188. The van der Waals surface area contributed by atoms with E-state index >= 15 is 0 Å². The van der Waals surface area contributed by atoms with Gasteiger partial charge in [-0.05, 0) is 38.0 Å². The van der Waals surface area contributed by atoms with Gasteiger partial charge in [0.1, 0.15) is 0 Å². The summed E-state index contributed by atoms with van der Waals surface area (Å²) in [5, 5.41) is 12.4. The third kappa shape index (κ3) is 3.16. The molecular weight excluding hydrogens is 188 g/mol. The van der Waals surface area contributed by atoms with E-state index in [0.29, 0.717) is 12.6 Å². The molecule has 0 spiro atoms. The van der Waals surface area contributed by atoms with Crippen LogP contribution in [0.15, 0.2) is 0 Å². The molecule has 1 rings (SSSR count). The molecule has 0 saturated heterocycles. The number of nitrogens with two attached hydrogens (primary N) is 1. The van der Waals surface area contributed by atoms with Gasteiger partial charge in [-0.2, -0.15) is 0 Å². The van der Waals surface area contributed by atoms with Gasteiger partial charge in [-0.1, -0.05) is 13.8 Å². The molecule has 3 nitrogen and oxygen atoms in total. The van der Waals surface area contributed by atoms with Gasteiger partial charge in [0.05, 0.1) is 0 Å². The van der Waals surface area contributed by atoms with Gasteiger partial charge in [-0.3, -0.25) is 0 Å². The first kappa shape index (κ1) is 12.9. The van der Waals surface area contributed by atoms with E-state index in [9.17, 15) is 0 Å². The number of aliphatic hydroxyl groups excluding tert-OH is 1. The van der Waals surface area contributed by atoms with Gasteiger partial charge in [0.15, 0.2) is 0 Å². The Labute approximate surface area is 93.4 Å². The molecule has 0 aromatic carbocycles. The summed E-state index contributed by atoms with van der Waals surface area (Å²) in [4.78, 5) is 0. The summed E-state index contributed by atoms with van der Waals surface area (Å²) in [6.45, 7) is 7.65. The molecule has 0 aromatic heterocycles. The highest BCUT2D eigenvalue weighted by molar-refractivity contribution is 5.03. The van der Waals surface area contributed by atoms with Gasteiger partial charge >= 0.3 is 0 Å². The number of nitrogens with one attached hydrogen (secondary N) is 1. The van der Waals surface area contributed by atoms with Crippen molar-refractivity contribution in [2.45, 2.75) is 51.6 Å². The minimum atomic E-state index is 0.156. The minimum Gasteiger partial charge on any atom is -0.396 e. The Hall–Kier alpha value is -0.120. The molecule has 1 aliphatic rings. The van der Waals surface area contributed by atoms with Gasteiger partial charge in [0, 0.05) is 24.7 Å². The lowest BCUT2D eigenvalue weighted by molar-refractivity contribution is 0.0641. The second-order valence-electron chi connectivity index (χ2n) is 5.45. The van der Waals surface area contributed by atoms with Crippen LogP contribution in [0.5, 0.6) is 0 Å². The monoisotopic (exact) mass is 214 g/mol. The lowest BCUT2D eigenvalue weighted by atomic mass is 9.63. The summed E-state index contributed by atoms with van der Waals surface area (Å²) >= 11 is 0. The molecule has 1 saturated carbocycles. The molecular formula is C12H26N2O. The quantitative estimate of drug-likeness (QED) is 0.621. The van der Waals surface area contributed by atoms with Crippen molar-refractivity contribution >= 4 is 0 Å². The van der Waals surface area contributed by atoms with Crippen LogP contribution < -0.4 is 11.1 Å². The maximum atomic E-state index is 8.87. The Morgan fingerprint density at radius 1 is 1.40 bits per heavy atom. The minimum absolute atomic E-state index is 0.156. The normalized spacial score (nSPS) is 32.8. The fourth-order valence-corrected chi connectivity index (χ4v) is 2.55. The first-order valence-corrected chi connectivity index (χ1v) is 6.11. The van der Waals surface area contributed by atoms with Crippen LogP contribution >= 0.6 is 0 Å². The van der Waals surface area contributed by atoms with E-state index in [-0.39, 0.29) is 12.1 Å². The largest absolute Gasteiger partial charge is 0.396 e. The van der Waals surface area contributed by atoms with E-state index in [1.165, 1.54) is 12.8 Å². The van der Waals surface area contributed by atoms with Crippen LogP contribution in [0.2, 0.25) is 0 Å². The highest BCUT2D eigenvalue weighted by atomic mass is 16.3. The molecule has 1 unspecified atom stereocenters. The molecule has 1 aliphatic carbocycles. The summed E-state index contributed by atoms with van der Waals surface area (Å²) < 4.78 is 0. The van der Waals surface area contributed by atoms with Crippen molar-refractivity contribution in [2.75, 3.05) is 13.2 Å². The molecule has 1 atom stereocenters. The molecule has 0 heterocycles. The van der Waals surface area contributed by atoms with Gasteiger partial charge in [-0.15, -0.1) is 0 Å². The Morgan fingerprint density at radius 2 is 2.00 bits per heavy atom. The molecule has 90 valence electrons. The predicted molar refractivity (Wildman–Crippen MR) is 63.6 cm³/mol. The standard InChI is InChI=1S/C12H26N2O/c1-9(2)11-6-12(7-11,8-13)14-10(3)4-5-15/h9-11,14-15H,4-8,13H2,1-3H3. The van der Waals surface area contributed by atoms with E-state index in [4.69, 9.17) is 10.8 Å². The molecule has 4 N–H and O–H groups in total. The Kier molecular flexibility index (Phi) is 4.56. The fraction of sp³-hybridized carbons (Fsp3) is 1.00. The zero-order valence-electron chi connectivity index (χ0n) is 10.3. The summed E-state index contributed by atoms with van der Waals surface area (Å²) in [5.41, 5.74) is 6.01. The maximum Gasteiger partial charge on any atom is 0.0445 e. The van der Waals surface area contributed by atoms with Crippen molar-refractivity contribution in [1.29, 1.82) is 0 Å². The molecule has 0 aliphatic heterocycles. The van der Waals surface area contributed by atoms with Crippen molar-refractivity contribution in [3.8, 4) is 0 Å². The molecule has 0 amide bonds. The number of rotatable bonds is 6. The smallest absolute Gasteiger partial charge is 0.0445 e. The second kappa shape index (κ2) is 5.28. The van der Waals surface area contributed by atoms with Crippen LogP contribution in [0.4, 0.5) is 0 Å². The zero-order chi connectivity index (χ0) is 11.5. The average Bonchev–Trinajstić information content (AvgIpc) is 2.10. The van der Waals surface area contributed by atoms with Crippen LogP contribution in [-0.2, 0) is 0 Å². The molecule has 0 aromatic rings. The van der Waals surface area contributed by atoms with E-state index in [0.717, 1.165) is 18.3 Å². The van der Waals surface area contributed by atoms with Crippen molar-refractivity contribution in [1.82, 2.24) is 5.32 Å².